The fourth-order valence-corrected chi connectivity index (χ4v) is 2.83. The normalized spacial score (nSPS) is 16.9. The quantitative estimate of drug-likeness (QED) is 0.841. The number of carbonyl (C=O) groups is 2. The van der Waals surface area contributed by atoms with Crippen LogP contribution < -0.4 is 4.74 Å². The smallest absolute Gasteiger partial charge is 0.356 e. The van der Waals surface area contributed by atoms with Crippen LogP contribution in [0, 0.1) is 6.92 Å². The first-order valence-corrected chi connectivity index (χ1v) is 8.06. The minimum Gasteiger partial charge on any atom is -0.483 e. The van der Waals surface area contributed by atoms with E-state index in [-0.39, 0.29) is 18.2 Å². The van der Waals surface area contributed by atoms with Crippen LogP contribution in [0.4, 0.5) is 0 Å². The van der Waals surface area contributed by atoms with Crippen molar-refractivity contribution in [1.82, 2.24) is 9.88 Å². The summed E-state index contributed by atoms with van der Waals surface area (Å²) in [5.41, 5.74) is 1.72. The Morgan fingerprint density at radius 3 is 2.84 bits per heavy atom. The lowest BCUT2D eigenvalue weighted by Gasteiger charge is -2.17. The molecule has 0 bridgehead atoms. The zero-order valence-electron chi connectivity index (χ0n) is 14.2. The minimum absolute atomic E-state index is 0.125. The van der Waals surface area contributed by atoms with Gasteiger partial charge in [0, 0.05) is 24.5 Å². The maximum atomic E-state index is 12.2. The van der Waals surface area contributed by atoms with Crippen LogP contribution >= 0.6 is 0 Å². The molecule has 25 heavy (non-hydrogen) atoms. The Balaban J connectivity index is 1.86. The van der Waals surface area contributed by atoms with Crippen LogP contribution in [-0.2, 0) is 9.53 Å². The lowest BCUT2D eigenvalue weighted by Crippen LogP contribution is -2.33. The number of rotatable bonds is 4. The number of carbonyl (C=O) groups excluding carboxylic acids is 2. The average Bonchev–Trinajstić information content (AvgIpc) is 3.04. The van der Waals surface area contributed by atoms with Crippen LogP contribution in [0.5, 0.6) is 5.75 Å². The van der Waals surface area contributed by atoms with Crippen LogP contribution in [0.25, 0.3) is 10.9 Å². The van der Waals surface area contributed by atoms with Crippen molar-refractivity contribution in [3.63, 3.8) is 0 Å². The molecule has 0 aliphatic carbocycles. The van der Waals surface area contributed by atoms with E-state index >= 15 is 0 Å². The summed E-state index contributed by atoms with van der Waals surface area (Å²) in [6.07, 6.45) is 0.106. The lowest BCUT2D eigenvalue weighted by atomic mass is 10.1. The second-order valence-electron chi connectivity index (χ2n) is 6.09. The Morgan fingerprint density at radius 1 is 1.36 bits per heavy atom. The third kappa shape index (κ3) is 3.71. The van der Waals surface area contributed by atoms with Gasteiger partial charge in [0.2, 0.25) is 0 Å². The van der Waals surface area contributed by atoms with Crippen LogP contribution in [0.15, 0.2) is 24.3 Å². The third-order valence-corrected chi connectivity index (χ3v) is 4.19. The summed E-state index contributed by atoms with van der Waals surface area (Å²) < 4.78 is 10.4. The molecule has 1 fully saturated rings. The first-order chi connectivity index (χ1) is 12.0. The number of aryl methyl sites for hydroxylation is 1. The summed E-state index contributed by atoms with van der Waals surface area (Å²) >= 11 is 0. The number of ether oxygens (including phenoxy) is 2. The Bertz CT molecular complexity index is 820. The van der Waals surface area contributed by atoms with Gasteiger partial charge in [-0.05, 0) is 31.0 Å². The number of nitrogens with zero attached hydrogens (tertiary/aromatic N) is 2. The zero-order valence-corrected chi connectivity index (χ0v) is 14.2. The van der Waals surface area contributed by atoms with Gasteiger partial charge in [-0.15, -0.1) is 0 Å². The first kappa shape index (κ1) is 17.2. The van der Waals surface area contributed by atoms with E-state index in [4.69, 9.17) is 9.47 Å². The van der Waals surface area contributed by atoms with Crippen molar-refractivity contribution >= 4 is 22.8 Å². The predicted molar refractivity (Wildman–Crippen MR) is 90.5 cm³/mol. The fourth-order valence-electron chi connectivity index (χ4n) is 2.83. The summed E-state index contributed by atoms with van der Waals surface area (Å²) in [4.78, 5) is 29.9. The molecule has 7 nitrogen and oxygen atoms in total. The molecule has 1 aromatic carbocycles. The highest BCUT2D eigenvalue weighted by Crippen LogP contribution is 2.27. The minimum atomic E-state index is -0.567. The van der Waals surface area contributed by atoms with E-state index < -0.39 is 12.1 Å². The van der Waals surface area contributed by atoms with Crippen LogP contribution in [0.1, 0.15) is 22.5 Å². The molecule has 7 heteroatoms. The summed E-state index contributed by atoms with van der Waals surface area (Å²) in [5.74, 6) is -0.367. The van der Waals surface area contributed by atoms with Gasteiger partial charge in [-0.2, -0.15) is 0 Å². The highest BCUT2D eigenvalue weighted by atomic mass is 16.5. The number of pyridine rings is 1. The summed E-state index contributed by atoms with van der Waals surface area (Å²) in [5, 5.41) is 10.2. The second kappa shape index (κ2) is 7.06. The van der Waals surface area contributed by atoms with Gasteiger partial charge in [0.1, 0.15) is 5.75 Å². The number of β-amino-alcohol motifs (C(OH)–C–C–N with tert-alkyl or cyclic N) is 1. The van der Waals surface area contributed by atoms with Crippen molar-refractivity contribution in [2.24, 2.45) is 0 Å². The van der Waals surface area contributed by atoms with Gasteiger partial charge >= 0.3 is 5.97 Å². The molecular weight excluding hydrogens is 324 g/mol. The zero-order chi connectivity index (χ0) is 18.0. The number of likely N-dealkylation sites (tertiary alicyclic amines) is 1. The fraction of sp³-hybridized carbons (Fsp3) is 0.389. The predicted octanol–water partition coefficient (Wildman–Crippen LogP) is 1.30. The Hall–Kier alpha value is -2.67. The molecule has 0 saturated carbocycles. The lowest BCUT2D eigenvalue weighted by molar-refractivity contribution is -0.132. The maximum Gasteiger partial charge on any atom is 0.356 e. The Kier molecular flexibility index (Phi) is 4.85. The van der Waals surface area contributed by atoms with Gasteiger partial charge in [0.05, 0.1) is 18.7 Å². The highest BCUT2D eigenvalue weighted by molar-refractivity contribution is 5.94. The molecule has 1 atom stereocenters. The SMILES string of the molecule is COC(=O)c1cc(OCC(=O)N2CC[C@@H](O)C2)c2ccc(C)cc2n1. The summed E-state index contributed by atoms with van der Waals surface area (Å²) in [6.45, 7) is 2.61. The summed E-state index contributed by atoms with van der Waals surface area (Å²) in [6, 6.07) is 7.08. The molecule has 1 aromatic heterocycles. The maximum absolute atomic E-state index is 12.2. The number of hydrogen-bond donors (Lipinski definition) is 1. The van der Waals surface area contributed by atoms with Gasteiger partial charge in [-0.1, -0.05) is 6.07 Å². The molecule has 132 valence electrons. The number of aliphatic hydroxyl groups is 1. The molecule has 0 radical (unpaired) electrons. The number of aliphatic hydroxyl groups excluding tert-OH is 1. The number of aromatic nitrogens is 1. The molecule has 1 saturated heterocycles. The molecular formula is C18H20N2O5. The Labute approximate surface area is 145 Å². The molecule has 1 aliphatic heterocycles. The molecule has 1 aliphatic rings. The van der Waals surface area contributed by atoms with E-state index in [1.54, 1.807) is 4.90 Å². The number of amides is 1. The number of methoxy groups -OCH3 is 1. The second-order valence-corrected chi connectivity index (χ2v) is 6.09. The van der Waals surface area contributed by atoms with Gasteiger partial charge in [-0.25, -0.2) is 9.78 Å². The molecule has 2 heterocycles. The molecule has 2 aromatic rings. The number of hydrogen-bond acceptors (Lipinski definition) is 6. The Morgan fingerprint density at radius 2 is 2.16 bits per heavy atom. The van der Waals surface area contributed by atoms with Gasteiger partial charge in [0.25, 0.3) is 5.91 Å². The van der Waals surface area contributed by atoms with Crippen molar-refractivity contribution < 1.29 is 24.2 Å². The van der Waals surface area contributed by atoms with E-state index in [1.807, 2.05) is 25.1 Å². The summed E-state index contributed by atoms with van der Waals surface area (Å²) in [7, 11) is 1.28. The van der Waals surface area contributed by atoms with Crippen LogP contribution in [0.3, 0.4) is 0 Å². The van der Waals surface area contributed by atoms with Crippen LogP contribution in [0.2, 0.25) is 0 Å². The molecule has 3 rings (SSSR count). The molecule has 1 N–H and O–H groups in total. The molecule has 0 unspecified atom stereocenters. The van der Waals surface area contributed by atoms with E-state index in [1.165, 1.54) is 13.2 Å². The monoisotopic (exact) mass is 344 g/mol. The molecule has 0 spiro atoms. The largest absolute Gasteiger partial charge is 0.483 e. The number of fused-ring (bicyclic) bond motifs is 1. The van der Waals surface area contributed by atoms with Gasteiger partial charge < -0.3 is 19.5 Å². The van der Waals surface area contributed by atoms with E-state index in [0.717, 1.165) is 5.56 Å². The van der Waals surface area contributed by atoms with E-state index in [9.17, 15) is 14.7 Å². The highest BCUT2D eigenvalue weighted by Gasteiger charge is 2.25. The standard InChI is InChI=1S/C18H20N2O5/c1-11-3-4-13-14(7-11)19-15(18(23)24-2)8-16(13)25-10-17(22)20-6-5-12(21)9-20/h3-4,7-8,12,21H,5-6,9-10H2,1-2H3/t12-/m1/s1. The van der Waals surface area contributed by atoms with Crippen molar-refractivity contribution in [2.75, 3.05) is 26.8 Å². The number of benzene rings is 1. The van der Waals surface area contributed by atoms with Crippen molar-refractivity contribution in [2.45, 2.75) is 19.4 Å². The number of esters is 1. The topological polar surface area (TPSA) is 89.0 Å². The van der Waals surface area contributed by atoms with Crippen molar-refractivity contribution in [1.29, 1.82) is 0 Å². The van der Waals surface area contributed by atoms with E-state index in [2.05, 4.69) is 4.98 Å². The van der Waals surface area contributed by atoms with Crippen molar-refractivity contribution in [3.05, 3.63) is 35.5 Å². The van der Waals surface area contributed by atoms with Gasteiger partial charge in [-0.3, -0.25) is 4.79 Å². The van der Waals surface area contributed by atoms with Crippen molar-refractivity contribution in [3.8, 4) is 5.75 Å². The van der Waals surface area contributed by atoms with Gasteiger partial charge in [0.15, 0.2) is 12.3 Å². The van der Waals surface area contributed by atoms with E-state index in [0.29, 0.717) is 36.2 Å². The van der Waals surface area contributed by atoms with Crippen LogP contribution in [-0.4, -0.2) is 59.8 Å². The first-order valence-electron chi connectivity index (χ1n) is 8.06. The third-order valence-electron chi connectivity index (χ3n) is 4.19. The molecule has 1 amide bonds. The average molecular weight is 344 g/mol.